The molecule has 0 spiro atoms. The van der Waals surface area contributed by atoms with Gasteiger partial charge in [-0.2, -0.15) is 0 Å². The first-order chi connectivity index (χ1) is 10.4. The van der Waals surface area contributed by atoms with Crippen LogP contribution >= 0.6 is 0 Å². The molecule has 2 rings (SSSR count). The average molecular weight is 282 g/mol. The second kappa shape index (κ2) is 8.02. The van der Waals surface area contributed by atoms with Crippen molar-refractivity contribution >= 4 is 17.1 Å². The zero-order valence-corrected chi connectivity index (χ0v) is 11.8. The van der Waals surface area contributed by atoms with Gasteiger partial charge in [-0.3, -0.25) is 4.79 Å². The zero-order chi connectivity index (χ0) is 14.9. The minimum atomic E-state index is 0.399. The molecule has 0 aromatic heterocycles. The maximum absolute atomic E-state index is 11.3. The Balaban J connectivity index is 2.02. The molecule has 21 heavy (non-hydrogen) atoms. The summed E-state index contributed by atoms with van der Waals surface area (Å²) in [7, 11) is 0. The number of hydrogen-bond acceptors (Lipinski definition) is 3. The van der Waals surface area contributed by atoms with Crippen molar-refractivity contribution in [3.05, 3.63) is 66.8 Å². The topological polar surface area (TPSA) is 35.5 Å². The van der Waals surface area contributed by atoms with Gasteiger partial charge in [-0.1, -0.05) is 42.5 Å². The predicted octanol–water partition coefficient (Wildman–Crippen LogP) is 3.79. The lowest BCUT2D eigenvalue weighted by Crippen LogP contribution is -1.98. The summed E-state index contributed by atoms with van der Waals surface area (Å²) in [6, 6.07) is 11.5. The molecule has 0 aliphatic heterocycles. The third-order valence-electron chi connectivity index (χ3n) is 3.00. The molecule has 108 valence electrons. The molecule has 3 nitrogen and oxygen atoms in total. The van der Waals surface area contributed by atoms with Crippen LogP contribution in [0, 0.1) is 0 Å². The highest BCUT2D eigenvalue weighted by Crippen LogP contribution is 2.26. The molecule has 0 saturated heterocycles. The van der Waals surface area contributed by atoms with Crippen LogP contribution in [0.25, 0.3) is 10.8 Å². The van der Waals surface area contributed by atoms with Crippen molar-refractivity contribution in [1.29, 1.82) is 0 Å². The van der Waals surface area contributed by atoms with Crippen molar-refractivity contribution in [2.75, 3.05) is 19.8 Å². The van der Waals surface area contributed by atoms with Crippen LogP contribution < -0.4 is 4.74 Å². The van der Waals surface area contributed by atoms with Gasteiger partial charge in [0.2, 0.25) is 0 Å². The van der Waals surface area contributed by atoms with Gasteiger partial charge in [0.1, 0.15) is 12.4 Å². The minimum absolute atomic E-state index is 0.399. The van der Waals surface area contributed by atoms with E-state index in [1.54, 1.807) is 6.08 Å². The van der Waals surface area contributed by atoms with E-state index in [-0.39, 0.29) is 0 Å². The van der Waals surface area contributed by atoms with Crippen molar-refractivity contribution in [2.45, 2.75) is 0 Å². The Hall–Kier alpha value is -2.39. The summed E-state index contributed by atoms with van der Waals surface area (Å²) in [5, 5.41) is 1.93. The Labute approximate surface area is 124 Å². The third kappa shape index (κ3) is 4.04. The minimum Gasteiger partial charge on any atom is -0.489 e. The summed E-state index contributed by atoms with van der Waals surface area (Å²) < 4.78 is 10.9. The Morgan fingerprint density at radius 3 is 2.62 bits per heavy atom. The second-order valence-corrected chi connectivity index (χ2v) is 4.42. The van der Waals surface area contributed by atoms with E-state index in [0.29, 0.717) is 31.1 Å². The highest BCUT2D eigenvalue weighted by atomic mass is 16.5. The maximum atomic E-state index is 11.3. The van der Waals surface area contributed by atoms with Crippen LogP contribution in [0.1, 0.15) is 10.4 Å². The fourth-order valence-electron chi connectivity index (χ4n) is 2.02. The molecular formula is C18H18O3. The quantitative estimate of drug-likeness (QED) is 0.420. The van der Waals surface area contributed by atoms with Crippen molar-refractivity contribution in [2.24, 2.45) is 0 Å². The number of fused-ring (bicyclic) bond motifs is 1. The van der Waals surface area contributed by atoms with Crippen LogP contribution in [0.5, 0.6) is 5.75 Å². The maximum Gasteiger partial charge on any atom is 0.154 e. The summed E-state index contributed by atoms with van der Waals surface area (Å²) in [6.45, 7) is 5.03. The van der Waals surface area contributed by atoms with E-state index in [0.717, 1.165) is 17.1 Å². The molecule has 0 unspecified atom stereocenters. The number of carbonyl (C=O) groups is 1. The lowest BCUT2D eigenvalue weighted by molar-refractivity contribution is 0.112. The summed E-state index contributed by atoms with van der Waals surface area (Å²) >= 11 is 0. The lowest BCUT2D eigenvalue weighted by Gasteiger charge is -2.09. The molecule has 0 aliphatic rings. The Morgan fingerprint density at radius 2 is 1.81 bits per heavy atom. The zero-order valence-electron chi connectivity index (χ0n) is 11.8. The van der Waals surface area contributed by atoms with Crippen LogP contribution in [0.2, 0.25) is 0 Å². The largest absolute Gasteiger partial charge is 0.489 e. The Kier molecular flexibility index (Phi) is 5.73. The fourth-order valence-corrected chi connectivity index (χ4v) is 2.02. The van der Waals surface area contributed by atoms with Crippen molar-refractivity contribution in [3.8, 4) is 5.75 Å². The van der Waals surface area contributed by atoms with Gasteiger partial charge in [0.15, 0.2) is 6.29 Å². The van der Waals surface area contributed by atoms with Gasteiger partial charge in [0.05, 0.1) is 18.8 Å². The molecule has 0 aliphatic carbocycles. The van der Waals surface area contributed by atoms with Crippen LogP contribution in [0.15, 0.2) is 61.2 Å². The van der Waals surface area contributed by atoms with Crippen molar-refractivity contribution in [1.82, 2.24) is 0 Å². The first kappa shape index (κ1) is 15.0. The average Bonchev–Trinajstić information content (AvgIpc) is 2.53. The van der Waals surface area contributed by atoms with Crippen molar-refractivity contribution in [3.63, 3.8) is 0 Å². The number of rotatable bonds is 8. The smallest absolute Gasteiger partial charge is 0.154 e. The van der Waals surface area contributed by atoms with E-state index < -0.39 is 0 Å². The molecule has 0 bridgehead atoms. The van der Waals surface area contributed by atoms with Crippen LogP contribution in [0.3, 0.4) is 0 Å². The Bertz CT molecular complexity index is 644. The van der Waals surface area contributed by atoms with Gasteiger partial charge in [-0.05, 0) is 22.9 Å². The summed E-state index contributed by atoms with van der Waals surface area (Å²) in [5.41, 5.74) is 0.587. The first-order valence-electron chi connectivity index (χ1n) is 6.80. The van der Waals surface area contributed by atoms with Gasteiger partial charge in [0, 0.05) is 0 Å². The molecule has 0 fully saturated rings. The lowest BCUT2D eigenvalue weighted by atomic mass is 10.0. The summed E-state index contributed by atoms with van der Waals surface area (Å²) in [5.74, 6) is 0.598. The monoisotopic (exact) mass is 282 g/mol. The number of benzene rings is 2. The summed E-state index contributed by atoms with van der Waals surface area (Å²) in [4.78, 5) is 11.3. The Morgan fingerprint density at radius 1 is 1.00 bits per heavy atom. The number of hydrogen-bond donors (Lipinski definition) is 0. The molecule has 0 N–H and O–H groups in total. The predicted molar refractivity (Wildman–Crippen MR) is 85.0 cm³/mol. The van der Waals surface area contributed by atoms with E-state index in [4.69, 9.17) is 9.47 Å². The fraction of sp³-hybridized carbons (Fsp3) is 0.167. The van der Waals surface area contributed by atoms with Gasteiger partial charge in [-0.25, -0.2) is 0 Å². The van der Waals surface area contributed by atoms with E-state index in [9.17, 15) is 4.79 Å². The van der Waals surface area contributed by atoms with Gasteiger partial charge < -0.3 is 9.47 Å². The van der Waals surface area contributed by atoms with E-state index in [1.165, 1.54) is 0 Å². The molecule has 0 radical (unpaired) electrons. The highest BCUT2D eigenvalue weighted by molar-refractivity contribution is 6.00. The van der Waals surface area contributed by atoms with Crippen LogP contribution in [-0.2, 0) is 4.74 Å². The SMILES string of the molecule is C=CCOC/C=C\COc1ccc2ccccc2c1C=O. The molecule has 0 atom stereocenters. The number of carbonyl (C=O) groups excluding carboxylic acids is 1. The molecule has 0 heterocycles. The molecule has 2 aromatic rings. The summed E-state index contributed by atoms with van der Waals surface area (Å²) in [6.07, 6.45) is 6.29. The number of ether oxygens (including phenoxy) is 2. The molecular weight excluding hydrogens is 264 g/mol. The molecule has 0 amide bonds. The normalized spacial score (nSPS) is 10.9. The van der Waals surface area contributed by atoms with Gasteiger partial charge in [-0.15, -0.1) is 6.58 Å². The van der Waals surface area contributed by atoms with E-state index in [2.05, 4.69) is 6.58 Å². The molecule has 2 aromatic carbocycles. The number of aldehydes is 1. The molecule has 3 heteroatoms. The third-order valence-corrected chi connectivity index (χ3v) is 3.00. The van der Waals surface area contributed by atoms with Crippen LogP contribution in [0.4, 0.5) is 0 Å². The van der Waals surface area contributed by atoms with E-state index in [1.807, 2.05) is 48.6 Å². The van der Waals surface area contributed by atoms with Gasteiger partial charge >= 0.3 is 0 Å². The molecule has 0 saturated carbocycles. The standard InChI is InChI=1S/C18H18O3/c1-2-11-20-12-5-6-13-21-18-10-9-15-7-3-4-8-16(15)17(18)14-19/h2-10,14H,1,11-13H2/b6-5-. The van der Waals surface area contributed by atoms with Crippen LogP contribution in [-0.4, -0.2) is 26.1 Å². The van der Waals surface area contributed by atoms with Crippen molar-refractivity contribution < 1.29 is 14.3 Å². The van der Waals surface area contributed by atoms with E-state index >= 15 is 0 Å². The second-order valence-electron chi connectivity index (χ2n) is 4.42. The first-order valence-corrected chi connectivity index (χ1v) is 6.80. The van der Waals surface area contributed by atoms with Gasteiger partial charge in [0.25, 0.3) is 0 Å². The highest BCUT2D eigenvalue weighted by Gasteiger charge is 2.07.